The second-order valence-electron chi connectivity index (χ2n) is 5.12. The van der Waals surface area contributed by atoms with Gasteiger partial charge in [-0.15, -0.1) is 0 Å². The number of benzene rings is 1. The maximum Gasteiger partial charge on any atom is 0.203 e. The smallest absolute Gasteiger partial charge is 0.203 e. The zero-order valence-electron chi connectivity index (χ0n) is 12.8. The second-order valence-corrected chi connectivity index (χ2v) is 5.12. The van der Waals surface area contributed by atoms with Crippen LogP contribution in [0.3, 0.4) is 0 Å². The van der Waals surface area contributed by atoms with Crippen LogP contribution in [0.15, 0.2) is 12.1 Å². The van der Waals surface area contributed by atoms with Crippen molar-refractivity contribution in [2.75, 3.05) is 40.5 Å². The fourth-order valence-electron chi connectivity index (χ4n) is 2.57. The quantitative estimate of drug-likeness (QED) is 0.722. The largest absolute Gasteiger partial charge is 0.493 e. The third-order valence-electron chi connectivity index (χ3n) is 3.72. The summed E-state index contributed by atoms with van der Waals surface area (Å²) in [5.41, 5.74) is 0.507. The number of hydrogen-bond acceptors (Lipinski definition) is 5. The van der Waals surface area contributed by atoms with Gasteiger partial charge in [-0.05, 0) is 38.1 Å². The molecule has 5 nitrogen and oxygen atoms in total. The molecule has 21 heavy (non-hydrogen) atoms. The van der Waals surface area contributed by atoms with Crippen molar-refractivity contribution in [2.24, 2.45) is 0 Å². The molecule has 0 unspecified atom stereocenters. The molecule has 1 aliphatic heterocycles. The molecule has 1 aromatic carbocycles. The van der Waals surface area contributed by atoms with Crippen molar-refractivity contribution >= 4 is 6.29 Å². The molecule has 0 aromatic heterocycles. The molecule has 1 aliphatic rings. The first kappa shape index (κ1) is 15.6. The third kappa shape index (κ3) is 4.11. The Hall–Kier alpha value is -1.75. The van der Waals surface area contributed by atoms with E-state index in [4.69, 9.17) is 14.2 Å². The molecule has 2 rings (SSSR count). The van der Waals surface area contributed by atoms with E-state index in [1.54, 1.807) is 26.4 Å². The minimum atomic E-state index is 0.507. The normalized spacial score (nSPS) is 15.5. The van der Waals surface area contributed by atoms with E-state index >= 15 is 0 Å². The molecular formula is C16H23NO4. The first-order chi connectivity index (χ1) is 10.3. The van der Waals surface area contributed by atoms with E-state index in [2.05, 4.69) is 4.90 Å². The highest BCUT2D eigenvalue weighted by Gasteiger charge is 2.15. The lowest BCUT2D eigenvalue weighted by Crippen LogP contribution is -2.33. The average Bonchev–Trinajstić information content (AvgIpc) is 2.55. The van der Waals surface area contributed by atoms with Gasteiger partial charge in [-0.3, -0.25) is 9.69 Å². The number of piperidine rings is 1. The minimum absolute atomic E-state index is 0.507. The minimum Gasteiger partial charge on any atom is -0.493 e. The van der Waals surface area contributed by atoms with Gasteiger partial charge in [-0.2, -0.15) is 0 Å². The summed E-state index contributed by atoms with van der Waals surface area (Å²) in [4.78, 5) is 13.3. The van der Waals surface area contributed by atoms with Crippen molar-refractivity contribution in [3.8, 4) is 17.2 Å². The van der Waals surface area contributed by atoms with E-state index in [0.717, 1.165) is 25.9 Å². The van der Waals surface area contributed by atoms with Crippen molar-refractivity contribution in [1.29, 1.82) is 0 Å². The highest BCUT2D eigenvalue weighted by Crippen LogP contribution is 2.38. The Morgan fingerprint density at radius 2 is 1.71 bits per heavy atom. The Bertz CT molecular complexity index is 444. The van der Waals surface area contributed by atoms with Crippen molar-refractivity contribution in [3.63, 3.8) is 0 Å². The van der Waals surface area contributed by atoms with Gasteiger partial charge in [0.2, 0.25) is 5.75 Å². The lowest BCUT2D eigenvalue weighted by molar-refractivity contribution is 0.112. The first-order valence-corrected chi connectivity index (χ1v) is 7.35. The zero-order valence-corrected chi connectivity index (χ0v) is 12.8. The fourth-order valence-corrected chi connectivity index (χ4v) is 2.57. The van der Waals surface area contributed by atoms with Crippen LogP contribution in [0.2, 0.25) is 0 Å². The molecule has 1 heterocycles. The summed E-state index contributed by atoms with van der Waals surface area (Å²) in [6, 6.07) is 3.32. The summed E-state index contributed by atoms with van der Waals surface area (Å²) in [6.45, 7) is 3.75. The van der Waals surface area contributed by atoms with Gasteiger partial charge >= 0.3 is 0 Å². The van der Waals surface area contributed by atoms with E-state index < -0.39 is 0 Å². The summed E-state index contributed by atoms with van der Waals surface area (Å²) < 4.78 is 16.4. The van der Waals surface area contributed by atoms with Crippen LogP contribution < -0.4 is 14.2 Å². The number of hydrogen-bond donors (Lipinski definition) is 0. The van der Waals surface area contributed by atoms with Gasteiger partial charge in [0.25, 0.3) is 0 Å². The van der Waals surface area contributed by atoms with E-state index in [9.17, 15) is 4.79 Å². The van der Waals surface area contributed by atoms with Crippen molar-refractivity contribution in [3.05, 3.63) is 17.7 Å². The van der Waals surface area contributed by atoms with Crippen LogP contribution in [-0.2, 0) is 0 Å². The molecule has 1 fully saturated rings. The van der Waals surface area contributed by atoms with Crippen LogP contribution in [0.25, 0.3) is 0 Å². The van der Waals surface area contributed by atoms with Gasteiger partial charge < -0.3 is 14.2 Å². The van der Waals surface area contributed by atoms with Crippen molar-refractivity contribution in [1.82, 2.24) is 4.90 Å². The van der Waals surface area contributed by atoms with Crippen LogP contribution >= 0.6 is 0 Å². The molecule has 0 N–H and O–H groups in total. The number of aldehydes is 1. The maximum atomic E-state index is 10.9. The number of likely N-dealkylation sites (tertiary alicyclic amines) is 1. The fraction of sp³-hybridized carbons (Fsp3) is 0.562. The van der Waals surface area contributed by atoms with E-state index in [1.807, 2.05) is 0 Å². The molecular weight excluding hydrogens is 270 g/mol. The Balaban J connectivity index is 2.01. The average molecular weight is 293 g/mol. The van der Waals surface area contributed by atoms with Crippen LogP contribution in [-0.4, -0.2) is 51.6 Å². The van der Waals surface area contributed by atoms with Crippen LogP contribution in [0.4, 0.5) is 0 Å². The number of nitrogens with zero attached hydrogens (tertiary/aromatic N) is 1. The molecule has 0 radical (unpaired) electrons. The zero-order chi connectivity index (χ0) is 15.1. The van der Waals surface area contributed by atoms with Crippen LogP contribution in [0, 0.1) is 0 Å². The molecule has 0 saturated carbocycles. The second kappa shape index (κ2) is 7.88. The molecule has 0 aliphatic carbocycles. The Morgan fingerprint density at radius 1 is 1.10 bits per heavy atom. The summed E-state index contributed by atoms with van der Waals surface area (Å²) in [5.74, 6) is 1.60. The lowest BCUT2D eigenvalue weighted by atomic mass is 10.1. The van der Waals surface area contributed by atoms with Gasteiger partial charge in [-0.1, -0.05) is 6.42 Å². The van der Waals surface area contributed by atoms with Crippen LogP contribution in [0.1, 0.15) is 29.6 Å². The molecule has 0 amide bonds. The molecule has 0 bridgehead atoms. The topological polar surface area (TPSA) is 48.0 Å². The Morgan fingerprint density at radius 3 is 2.24 bits per heavy atom. The number of carbonyl (C=O) groups excluding carboxylic acids is 1. The van der Waals surface area contributed by atoms with Gasteiger partial charge in [0.1, 0.15) is 12.9 Å². The standard InChI is InChI=1S/C16H23NO4/c1-19-14-10-13(12-18)11-15(20-2)16(14)21-9-8-17-6-4-3-5-7-17/h10-12H,3-9H2,1-2H3. The third-order valence-corrected chi connectivity index (χ3v) is 3.72. The molecule has 1 saturated heterocycles. The number of rotatable bonds is 7. The highest BCUT2D eigenvalue weighted by atomic mass is 16.5. The van der Waals surface area contributed by atoms with Gasteiger partial charge in [0.15, 0.2) is 11.5 Å². The Labute approximate surface area is 125 Å². The van der Waals surface area contributed by atoms with Gasteiger partial charge in [0.05, 0.1) is 14.2 Å². The number of methoxy groups -OCH3 is 2. The summed E-state index contributed by atoms with van der Waals surface area (Å²) >= 11 is 0. The SMILES string of the molecule is COc1cc(C=O)cc(OC)c1OCCN1CCCCC1. The predicted octanol–water partition coefficient (Wildman–Crippen LogP) is 2.38. The summed E-state index contributed by atoms with van der Waals surface area (Å²) in [7, 11) is 3.11. The van der Waals surface area contributed by atoms with Gasteiger partial charge in [0, 0.05) is 12.1 Å². The maximum absolute atomic E-state index is 10.9. The molecule has 0 spiro atoms. The van der Waals surface area contributed by atoms with E-state index in [-0.39, 0.29) is 0 Å². The van der Waals surface area contributed by atoms with Gasteiger partial charge in [-0.25, -0.2) is 0 Å². The van der Waals surface area contributed by atoms with Crippen LogP contribution in [0.5, 0.6) is 17.2 Å². The first-order valence-electron chi connectivity index (χ1n) is 7.35. The monoisotopic (exact) mass is 293 g/mol. The summed E-state index contributed by atoms with van der Waals surface area (Å²) in [5, 5.41) is 0. The molecule has 0 atom stereocenters. The number of carbonyl (C=O) groups is 1. The van der Waals surface area contributed by atoms with E-state index in [1.165, 1.54) is 19.3 Å². The molecule has 5 heteroatoms. The summed E-state index contributed by atoms with van der Waals surface area (Å²) in [6.07, 6.45) is 4.62. The van der Waals surface area contributed by atoms with Crippen molar-refractivity contribution in [2.45, 2.75) is 19.3 Å². The molecule has 1 aromatic rings. The number of ether oxygens (including phenoxy) is 3. The van der Waals surface area contributed by atoms with Crippen molar-refractivity contribution < 1.29 is 19.0 Å². The lowest BCUT2D eigenvalue weighted by Gasteiger charge is -2.26. The predicted molar refractivity (Wildman–Crippen MR) is 80.7 cm³/mol. The van der Waals surface area contributed by atoms with E-state index in [0.29, 0.717) is 29.4 Å². The highest BCUT2D eigenvalue weighted by molar-refractivity contribution is 5.78. The Kier molecular flexibility index (Phi) is 5.87. The molecule has 116 valence electrons.